The van der Waals surface area contributed by atoms with E-state index in [1.54, 1.807) is 0 Å². The van der Waals surface area contributed by atoms with Gasteiger partial charge in [0.15, 0.2) is 0 Å². The Bertz CT molecular complexity index is 918. The third-order valence-electron chi connectivity index (χ3n) is 6.30. The van der Waals surface area contributed by atoms with Crippen molar-refractivity contribution in [2.75, 3.05) is 19.7 Å². The molecule has 2 atom stereocenters. The molecule has 6 heteroatoms. The van der Waals surface area contributed by atoms with Crippen molar-refractivity contribution in [2.45, 2.75) is 45.1 Å². The quantitative estimate of drug-likeness (QED) is 0.852. The Balaban J connectivity index is 1.52. The molecule has 2 aliphatic heterocycles. The molecule has 1 amide bonds. The van der Waals surface area contributed by atoms with Gasteiger partial charge in [-0.05, 0) is 43.2 Å². The smallest absolute Gasteiger partial charge is 0.309 e. The number of fused-ring (bicyclic) bond motifs is 1. The Morgan fingerprint density at radius 1 is 1.17 bits per heavy atom. The highest BCUT2D eigenvalue weighted by Gasteiger charge is 2.41. The van der Waals surface area contributed by atoms with Crippen molar-refractivity contribution in [1.82, 2.24) is 9.88 Å². The van der Waals surface area contributed by atoms with E-state index in [-0.39, 0.29) is 23.8 Å². The summed E-state index contributed by atoms with van der Waals surface area (Å²) in [5, 5.41) is 10.3. The van der Waals surface area contributed by atoms with E-state index in [0.29, 0.717) is 31.7 Å². The van der Waals surface area contributed by atoms with Gasteiger partial charge in [-0.2, -0.15) is 0 Å². The van der Waals surface area contributed by atoms with E-state index in [2.05, 4.69) is 13.8 Å². The third-order valence-corrected chi connectivity index (χ3v) is 6.30. The normalized spacial score (nSPS) is 23.1. The number of carbonyl (C=O) groups excluding carboxylic acids is 1. The van der Waals surface area contributed by atoms with Crippen LogP contribution in [0.2, 0.25) is 0 Å². The number of carboxylic acid groups (broad SMARTS) is 1. The molecule has 0 spiro atoms. The Kier molecular flexibility index (Phi) is 5.54. The van der Waals surface area contributed by atoms with Gasteiger partial charge in [0.2, 0.25) is 0 Å². The summed E-state index contributed by atoms with van der Waals surface area (Å²) in [7, 11) is 0. The first-order chi connectivity index (χ1) is 14.0. The molecular formula is C23H28N2O4. The Hall–Kier alpha value is -2.47. The fraction of sp³-hybridized carbons (Fsp3) is 0.522. The number of likely N-dealkylation sites (tertiary alicyclic amines) is 1. The van der Waals surface area contributed by atoms with Gasteiger partial charge in [0, 0.05) is 30.8 Å². The molecule has 6 nitrogen and oxygen atoms in total. The van der Waals surface area contributed by atoms with E-state index in [1.807, 2.05) is 35.2 Å². The molecule has 2 aromatic rings. The summed E-state index contributed by atoms with van der Waals surface area (Å²) in [5.41, 5.74) is 2.48. The molecule has 1 aromatic heterocycles. The van der Waals surface area contributed by atoms with Crippen molar-refractivity contribution in [2.24, 2.45) is 11.8 Å². The maximum atomic E-state index is 13.4. The van der Waals surface area contributed by atoms with Crippen LogP contribution in [-0.4, -0.2) is 52.7 Å². The minimum Gasteiger partial charge on any atom is -0.481 e. The van der Waals surface area contributed by atoms with Crippen LogP contribution in [0.1, 0.15) is 55.1 Å². The molecule has 4 rings (SSSR count). The van der Waals surface area contributed by atoms with Crippen molar-refractivity contribution in [3.05, 3.63) is 41.6 Å². The van der Waals surface area contributed by atoms with Gasteiger partial charge in [-0.15, -0.1) is 0 Å². The van der Waals surface area contributed by atoms with Gasteiger partial charge < -0.3 is 14.7 Å². The Morgan fingerprint density at radius 2 is 1.90 bits per heavy atom. The van der Waals surface area contributed by atoms with E-state index < -0.39 is 11.9 Å². The number of rotatable bonds is 4. The molecule has 2 aliphatic rings. The van der Waals surface area contributed by atoms with Crippen LogP contribution >= 0.6 is 0 Å². The summed E-state index contributed by atoms with van der Waals surface area (Å²) in [4.78, 5) is 31.4. The van der Waals surface area contributed by atoms with E-state index in [1.165, 1.54) is 0 Å². The second-order valence-electron chi connectivity index (χ2n) is 8.46. The molecule has 3 heterocycles. The minimum atomic E-state index is -0.768. The third kappa shape index (κ3) is 3.86. The summed E-state index contributed by atoms with van der Waals surface area (Å²) in [6.07, 6.45) is 1.92. The lowest BCUT2D eigenvalue weighted by Crippen LogP contribution is -2.43. The highest BCUT2D eigenvalue weighted by molar-refractivity contribution is 6.06. The molecule has 0 aliphatic carbocycles. The van der Waals surface area contributed by atoms with Gasteiger partial charge in [0.1, 0.15) is 0 Å². The fourth-order valence-electron chi connectivity index (χ4n) is 4.61. The topological polar surface area (TPSA) is 79.7 Å². The summed E-state index contributed by atoms with van der Waals surface area (Å²) in [6, 6.07) is 9.72. The van der Waals surface area contributed by atoms with Crippen molar-refractivity contribution < 1.29 is 19.4 Å². The van der Waals surface area contributed by atoms with E-state index in [0.717, 1.165) is 29.4 Å². The molecule has 2 fully saturated rings. The van der Waals surface area contributed by atoms with Crippen molar-refractivity contribution in [3.63, 3.8) is 0 Å². The predicted octanol–water partition coefficient (Wildman–Crippen LogP) is 3.70. The molecule has 1 unspecified atom stereocenters. The zero-order valence-electron chi connectivity index (χ0n) is 17.0. The molecule has 1 N–H and O–H groups in total. The molecular weight excluding hydrogens is 368 g/mol. The zero-order chi connectivity index (χ0) is 20.5. The van der Waals surface area contributed by atoms with Crippen LogP contribution in [0.3, 0.4) is 0 Å². The average Bonchev–Trinajstić information content (AvgIpc) is 3.23. The maximum absolute atomic E-state index is 13.4. The van der Waals surface area contributed by atoms with Gasteiger partial charge in [0.25, 0.3) is 5.91 Å². The van der Waals surface area contributed by atoms with Crippen LogP contribution in [0.4, 0.5) is 0 Å². The number of amides is 1. The number of pyridine rings is 1. The number of carbonyl (C=O) groups is 2. The first kappa shape index (κ1) is 19.8. The van der Waals surface area contributed by atoms with Gasteiger partial charge in [-0.3, -0.25) is 14.6 Å². The minimum absolute atomic E-state index is 0.0334. The highest BCUT2D eigenvalue weighted by Crippen LogP contribution is 2.34. The lowest BCUT2D eigenvalue weighted by atomic mass is 9.84. The molecule has 154 valence electrons. The first-order valence-corrected chi connectivity index (χ1v) is 10.5. The summed E-state index contributed by atoms with van der Waals surface area (Å²) in [5.74, 6) is -0.714. The van der Waals surface area contributed by atoms with Crippen molar-refractivity contribution >= 4 is 22.8 Å². The Labute approximate surface area is 170 Å². The van der Waals surface area contributed by atoms with Gasteiger partial charge in [-0.25, -0.2) is 0 Å². The lowest BCUT2D eigenvalue weighted by molar-refractivity contribution is -0.145. The number of carboxylic acids is 1. The number of nitrogens with zero attached hydrogens (tertiary/aromatic N) is 2. The van der Waals surface area contributed by atoms with E-state index in [4.69, 9.17) is 9.72 Å². The predicted molar refractivity (Wildman–Crippen MR) is 110 cm³/mol. The second-order valence-corrected chi connectivity index (χ2v) is 8.46. The second kappa shape index (κ2) is 8.11. The van der Waals surface area contributed by atoms with E-state index >= 15 is 0 Å². The first-order valence-electron chi connectivity index (χ1n) is 10.5. The molecule has 2 saturated heterocycles. The van der Waals surface area contributed by atoms with Crippen LogP contribution in [0.25, 0.3) is 10.9 Å². The number of piperidine rings is 1. The average molecular weight is 396 g/mol. The van der Waals surface area contributed by atoms with Crippen LogP contribution in [0.15, 0.2) is 30.3 Å². The fourth-order valence-corrected chi connectivity index (χ4v) is 4.61. The highest BCUT2D eigenvalue weighted by atomic mass is 16.5. The monoisotopic (exact) mass is 396 g/mol. The summed E-state index contributed by atoms with van der Waals surface area (Å²) in [6.45, 7) is 5.93. The van der Waals surface area contributed by atoms with Crippen LogP contribution in [0.5, 0.6) is 0 Å². The number of benzene rings is 1. The maximum Gasteiger partial charge on any atom is 0.309 e. The summed E-state index contributed by atoms with van der Waals surface area (Å²) < 4.78 is 5.75. The van der Waals surface area contributed by atoms with Gasteiger partial charge >= 0.3 is 5.97 Å². The number of hydrogen-bond donors (Lipinski definition) is 1. The van der Waals surface area contributed by atoms with Crippen LogP contribution in [0, 0.1) is 11.8 Å². The largest absolute Gasteiger partial charge is 0.481 e. The number of para-hydroxylation sites is 1. The number of aromatic nitrogens is 1. The lowest BCUT2D eigenvalue weighted by Gasteiger charge is -2.35. The van der Waals surface area contributed by atoms with Gasteiger partial charge in [0.05, 0.1) is 23.1 Å². The van der Waals surface area contributed by atoms with Gasteiger partial charge in [-0.1, -0.05) is 32.0 Å². The zero-order valence-corrected chi connectivity index (χ0v) is 17.0. The van der Waals surface area contributed by atoms with Crippen LogP contribution < -0.4 is 0 Å². The molecule has 0 bridgehead atoms. The van der Waals surface area contributed by atoms with Crippen molar-refractivity contribution in [3.8, 4) is 0 Å². The number of hydrogen-bond acceptors (Lipinski definition) is 4. The summed E-state index contributed by atoms with van der Waals surface area (Å²) >= 11 is 0. The number of aliphatic carboxylic acids is 1. The molecule has 1 aromatic carbocycles. The Morgan fingerprint density at radius 3 is 2.59 bits per heavy atom. The SMILES string of the molecule is CC(C)c1cc(C(=O)N2CCC([C@@H]3OCCC3C(=O)O)CC2)c2ccccc2n1. The van der Waals surface area contributed by atoms with E-state index in [9.17, 15) is 14.7 Å². The molecule has 0 radical (unpaired) electrons. The number of ether oxygens (including phenoxy) is 1. The molecule has 29 heavy (non-hydrogen) atoms. The molecule has 0 saturated carbocycles. The standard InChI is InChI=1S/C23H28N2O4/c1-14(2)20-13-18(16-5-3-4-6-19(16)24-20)22(26)25-10-7-15(8-11-25)21-17(23(27)28)9-12-29-21/h3-6,13-15,17,21H,7-12H2,1-2H3,(H,27,28)/t17?,21-/m0/s1. The van der Waals surface area contributed by atoms with Crippen molar-refractivity contribution in [1.29, 1.82) is 0 Å². The van der Waals surface area contributed by atoms with Crippen LogP contribution in [-0.2, 0) is 9.53 Å².